The summed E-state index contributed by atoms with van der Waals surface area (Å²) in [7, 11) is 0. The second-order valence-electron chi connectivity index (χ2n) is 3.54. The first-order chi connectivity index (χ1) is 6.70. The second kappa shape index (κ2) is 5.32. The Morgan fingerprint density at radius 2 is 2.21 bits per heavy atom. The molecule has 14 heavy (non-hydrogen) atoms. The molecule has 0 aromatic carbocycles. The molecule has 82 valence electrons. The first-order valence-electron chi connectivity index (χ1n) is 5.35. The van der Waals surface area contributed by atoms with Gasteiger partial charge in [-0.15, -0.1) is 0 Å². The van der Waals surface area contributed by atoms with Crippen molar-refractivity contribution in [2.24, 2.45) is 0 Å². The highest BCUT2D eigenvalue weighted by atomic mass is 16.5. The van der Waals surface area contributed by atoms with Crippen LogP contribution in [0.5, 0.6) is 0 Å². The van der Waals surface area contributed by atoms with Gasteiger partial charge in [-0.05, 0) is 20.3 Å². The molecule has 1 N–H and O–H groups in total. The number of carbonyl (C=O) groups excluding carboxylic acids is 1. The molecule has 0 bridgehead atoms. The average molecular weight is 200 g/mol. The predicted molar refractivity (Wildman–Crippen MR) is 54.9 cm³/mol. The first-order valence-corrected chi connectivity index (χ1v) is 5.35. The molecule has 1 fully saturated rings. The number of hydrogen-bond donors (Lipinski definition) is 1. The molecule has 0 spiro atoms. The lowest BCUT2D eigenvalue weighted by molar-refractivity contribution is -0.130. The molecule has 0 aromatic heterocycles. The van der Waals surface area contributed by atoms with Crippen LogP contribution in [0.4, 0.5) is 0 Å². The topological polar surface area (TPSA) is 41.6 Å². The predicted octanol–water partition coefficient (Wildman–Crippen LogP) is 0.579. The molecular formula is C10H20N2O2. The monoisotopic (exact) mass is 200 g/mol. The van der Waals surface area contributed by atoms with Gasteiger partial charge in [0.25, 0.3) is 0 Å². The molecule has 0 aliphatic carbocycles. The molecule has 4 nitrogen and oxygen atoms in total. The number of nitrogens with one attached hydrogen (secondary N) is 1. The summed E-state index contributed by atoms with van der Waals surface area (Å²) in [5.41, 5.74) is 0. The van der Waals surface area contributed by atoms with E-state index in [4.69, 9.17) is 4.74 Å². The van der Waals surface area contributed by atoms with Crippen LogP contribution in [0.2, 0.25) is 0 Å². The zero-order valence-corrected chi connectivity index (χ0v) is 9.25. The van der Waals surface area contributed by atoms with Crippen molar-refractivity contribution in [3.8, 4) is 0 Å². The Kier molecular flexibility index (Phi) is 4.35. The maximum atomic E-state index is 11.7. The van der Waals surface area contributed by atoms with E-state index in [0.717, 1.165) is 6.42 Å². The summed E-state index contributed by atoms with van der Waals surface area (Å²) in [5, 5.41) is 3.25. The largest absolute Gasteiger partial charge is 0.380 e. The van der Waals surface area contributed by atoms with Gasteiger partial charge < -0.3 is 9.64 Å². The van der Waals surface area contributed by atoms with Crippen LogP contribution in [-0.2, 0) is 9.53 Å². The smallest absolute Gasteiger partial charge is 0.240 e. The quantitative estimate of drug-likeness (QED) is 0.660. The summed E-state index contributed by atoms with van der Waals surface area (Å²) in [6.07, 6.45) is 1.14. The molecule has 0 saturated carbocycles. The Bertz CT molecular complexity index is 197. The molecule has 2 unspecified atom stereocenters. The number of hydrogen-bond acceptors (Lipinski definition) is 3. The number of amides is 1. The van der Waals surface area contributed by atoms with Gasteiger partial charge in [0, 0.05) is 13.2 Å². The van der Waals surface area contributed by atoms with E-state index in [2.05, 4.69) is 12.2 Å². The third-order valence-electron chi connectivity index (χ3n) is 2.54. The van der Waals surface area contributed by atoms with E-state index in [9.17, 15) is 4.79 Å². The van der Waals surface area contributed by atoms with Crippen LogP contribution < -0.4 is 5.32 Å². The number of ether oxygens (including phenoxy) is 1. The molecule has 1 amide bonds. The average Bonchev–Trinajstić information content (AvgIpc) is 2.45. The highest BCUT2D eigenvalue weighted by molar-refractivity contribution is 5.83. The minimum atomic E-state index is -0.0402. The van der Waals surface area contributed by atoms with Crippen molar-refractivity contribution >= 4 is 5.91 Å². The van der Waals surface area contributed by atoms with Crippen molar-refractivity contribution in [1.29, 1.82) is 0 Å². The van der Waals surface area contributed by atoms with Crippen LogP contribution in [0.15, 0.2) is 0 Å². The van der Waals surface area contributed by atoms with Gasteiger partial charge in [-0.3, -0.25) is 10.1 Å². The fourth-order valence-electron chi connectivity index (χ4n) is 1.76. The Morgan fingerprint density at radius 1 is 1.50 bits per heavy atom. The second-order valence-corrected chi connectivity index (χ2v) is 3.54. The van der Waals surface area contributed by atoms with Crippen molar-refractivity contribution < 1.29 is 9.53 Å². The summed E-state index contributed by atoms with van der Waals surface area (Å²) < 4.78 is 5.25. The Hall–Kier alpha value is -0.610. The van der Waals surface area contributed by atoms with E-state index >= 15 is 0 Å². The standard InChI is InChI=1S/C10H20N2O2/c1-4-9-11-8(3)10(13)12(9)6-7-14-5-2/h8-9,11H,4-7H2,1-3H3. The van der Waals surface area contributed by atoms with Gasteiger partial charge in [0.05, 0.1) is 18.8 Å². The van der Waals surface area contributed by atoms with E-state index in [1.807, 2.05) is 18.7 Å². The lowest BCUT2D eigenvalue weighted by Gasteiger charge is -2.22. The van der Waals surface area contributed by atoms with Gasteiger partial charge in [0.2, 0.25) is 5.91 Å². The Labute approximate surface area is 85.6 Å². The summed E-state index contributed by atoms with van der Waals surface area (Å²) in [5.74, 6) is 0.191. The van der Waals surface area contributed by atoms with Crippen LogP contribution >= 0.6 is 0 Å². The highest BCUT2D eigenvalue weighted by Gasteiger charge is 2.34. The maximum Gasteiger partial charge on any atom is 0.240 e. The van der Waals surface area contributed by atoms with Crippen LogP contribution in [0.25, 0.3) is 0 Å². The van der Waals surface area contributed by atoms with Crippen molar-refractivity contribution in [2.45, 2.75) is 39.4 Å². The molecule has 0 aromatic rings. The lowest BCUT2D eigenvalue weighted by Crippen LogP contribution is -2.38. The maximum absolute atomic E-state index is 11.7. The van der Waals surface area contributed by atoms with Crippen LogP contribution in [-0.4, -0.2) is 42.8 Å². The zero-order valence-electron chi connectivity index (χ0n) is 9.25. The Balaban J connectivity index is 2.43. The molecule has 1 aliphatic heterocycles. The minimum absolute atomic E-state index is 0.0402. The van der Waals surface area contributed by atoms with E-state index in [-0.39, 0.29) is 18.1 Å². The van der Waals surface area contributed by atoms with Crippen LogP contribution in [0.1, 0.15) is 27.2 Å². The van der Waals surface area contributed by atoms with Gasteiger partial charge in [0.15, 0.2) is 0 Å². The Morgan fingerprint density at radius 3 is 2.79 bits per heavy atom. The van der Waals surface area contributed by atoms with Gasteiger partial charge in [-0.1, -0.05) is 6.92 Å². The molecule has 0 radical (unpaired) electrons. The lowest BCUT2D eigenvalue weighted by atomic mass is 10.3. The summed E-state index contributed by atoms with van der Waals surface area (Å²) in [6.45, 7) is 7.99. The van der Waals surface area contributed by atoms with Crippen molar-refractivity contribution in [1.82, 2.24) is 10.2 Å². The summed E-state index contributed by atoms with van der Waals surface area (Å²) in [4.78, 5) is 13.6. The van der Waals surface area contributed by atoms with Crippen LogP contribution in [0, 0.1) is 0 Å². The normalized spacial score (nSPS) is 27.4. The van der Waals surface area contributed by atoms with E-state index in [1.165, 1.54) is 0 Å². The first kappa shape index (κ1) is 11.5. The van der Waals surface area contributed by atoms with E-state index in [0.29, 0.717) is 19.8 Å². The van der Waals surface area contributed by atoms with Crippen molar-refractivity contribution in [3.63, 3.8) is 0 Å². The fourth-order valence-corrected chi connectivity index (χ4v) is 1.76. The summed E-state index contributed by atoms with van der Waals surface area (Å²) in [6, 6.07) is -0.0402. The minimum Gasteiger partial charge on any atom is -0.380 e. The van der Waals surface area contributed by atoms with Gasteiger partial charge in [-0.2, -0.15) is 0 Å². The van der Waals surface area contributed by atoms with Crippen molar-refractivity contribution in [2.75, 3.05) is 19.8 Å². The number of rotatable bonds is 5. The fraction of sp³-hybridized carbons (Fsp3) is 0.900. The third kappa shape index (κ3) is 2.45. The number of nitrogens with zero attached hydrogens (tertiary/aromatic N) is 1. The zero-order chi connectivity index (χ0) is 10.6. The van der Waals surface area contributed by atoms with Gasteiger partial charge in [-0.25, -0.2) is 0 Å². The molecule has 1 rings (SSSR count). The molecule has 4 heteroatoms. The third-order valence-corrected chi connectivity index (χ3v) is 2.54. The van der Waals surface area contributed by atoms with E-state index < -0.39 is 0 Å². The molecular weight excluding hydrogens is 180 g/mol. The van der Waals surface area contributed by atoms with E-state index in [1.54, 1.807) is 0 Å². The molecule has 1 heterocycles. The molecule has 2 atom stereocenters. The van der Waals surface area contributed by atoms with Crippen molar-refractivity contribution in [3.05, 3.63) is 0 Å². The SMILES string of the molecule is CCOCCN1C(=O)C(C)NC1CC. The van der Waals surface area contributed by atoms with Gasteiger partial charge >= 0.3 is 0 Å². The number of carbonyl (C=O) groups is 1. The van der Waals surface area contributed by atoms with Gasteiger partial charge in [0.1, 0.15) is 0 Å². The highest BCUT2D eigenvalue weighted by Crippen LogP contribution is 2.12. The summed E-state index contributed by atoms with van der Waals surface area (Å²) >= 11 is 0. The molecule has 1 saturated heterocycles. The molecule has 1 aliphatic rings. The van der Waals surface area contributed by atoms with Crippen LogP contribution in [0.3, 0.4) is 0 Å².